The van der Waals surface area contributed by atoms with Gasteiger partial charge in [-0.15, -0.1) is 0 Å². The van der Waals surface area contributed by atoms with Crippen molar-refractivity contribution < 1.29 is 5.11 Å². The molecule has 1 aromatic rings. The summed E-state index contributed by atoms with van der Waals surface area (Å²) in [7, 11) is 1.94. The molecule has 0 amide bonds. The molecule has 1 rings (SSSR count). The molecule has 0 fully saturated rings. The Labute approximate surface area is 86.0 Å². The Kier molecular flexibility index (Phi) is 4.11. The van der Waals surface area contributed by atoms with E-state index in [1.54, 1.807) is 0 Å². The first-order valence-corrected chi connectivity index (χ1v) is 5.05. The highest BCUT2D eigenvalue weighted by Gasteiger charge is 2.12. The van der Waals surface area contributed by atoms with Gasteiger partial charge in [-0.05, 0) is 44.0 Å². The largest absolute Gasteiger partial charge is 0.396 e. The summed E-state index contributed by atoms with van der Waals surface area (Å²) in [6, 6.07) is 6.56. The van der Waals surface area contributed by atoms with E-state index in [1.165, 1.54) is 16.7 Å². The van der Waals surface area contributed by atoms with Crippen LogP contribution < -0.4 is 5.32 Å². The SMILES string of the molecule is CNC(CCO)c1c(C)cccc1C. The number of hydrogen-bond donors (Lipinski definition) is 2. The quantitative estimate of drug-likeness (QED) is 0.766. The minimum atomic E-state index is 0.222. The van der Waals surface area contributed by atoms with Crippen LogP contribution in [0.25, 0.3) is 0 Å². The van der Waals surface area contributed by atoms with Crippen molar-refractivity contribution in [1.82, 2.24) is 5.32 Å². The molecule has 0 bridgehead atoms. The van der Waals surface area contributed by atoms with E-state index >= 15 is 0 Å². The van der Waals surface area contributed by atoms with Gasteiger partial charge in [0.1, 0.15) is 0 Å². The van der Waals surface area contributed by atoms with E-state index in [9.17, 15) is 0 Å². The Bertz CT molecular complexity index is 276. The first-order chi connectivity index (χ1) is 6.70. The van der Waals surface area contributed by atoms with Gasteiger partial charge in [-0.25, -0.2) is 0 Å². The molecule has 0 saturated heterocycles. The van der Waals surface area contributed by atoms with Gasteiger partial charge in [-0.2, -0.15) is 0 Å². The molecule has 0 aromatic heterocycles. The van der Waals surface area contributed by atoms with Crippen molar-refractivity contribution in [2.45, 2.75) is 26.3 Å². The Morgan fingerprint density at radius 1 is 1.29 bits per heavy atom. The fraction of sp³-hybridized carbons (Fsp3) is 0.500. The average Bonchev–Trinajstić information content (AvgIpc) is 2.16. The molecule has 2 heteroatoms. The van der Waals surface area contributed by atoms with E-state index in [-0.39, 0.29) is 12.6 Å². The van der Waals surface area contributed by atoms with Crippen LogP contribution in [-0.2, 0) is 0 Å². The van der Waals surface area contributed by atoms with Gasteiger partial charge < -0.3 is 10.4 Å². The van der Waals surface area contributed by atoms with Gasteiger partial charge in [0.05, 0.1) is 0 Å². The molecule has 0 heterocycles. The maximum Gasteiger partial charge on any atom is 0.0449 e. The maximum atomic E-state index is 8.97. The summed E-state index contributed by atoms with van der Waals surface area (Å²) >= 11 is 0. The van der Waals surface area contributed by atoms with Crippen LogP contribution in [0.3, 0.4) is 0 Å². The monoisotopic (exact) mass is 193 g/mol. The van der Waals surface area contributed by atoms with Gasteiger partial charge in [0, 0.05) is 12.6 Å². The molecule has 0 radical (unpaired) electrons. The Morgan fingerprint density at radius 3 is 2.29 bits per heavy atom. The molecule has 14 heavy (non-hydrogen) atoms. The maximum absolute atomic E-state index is 8.97. The zero-order valence-corrected chi connectivity index (χ0v) is 9.17. The minimum Gasteiger partial charge on any atom is -0.396 e. The van der Waals surface area contributed by atoms with Crippen molar-refractivity contribution in [3.63, 3.8) is 0 Å². The average molecular weight is 193 g/mol. The number of aryl methyl sites for hydroxylation is 2. The number of aliphatic hydroxyl groups excluding tert-OH is 1. The summed E-state index contributed by atoms with van der Waals surface area (Å²) in [5, 5.41) is 12.2. The number of hydrogen-bond acceptors (Lipinski definition) is 2. The number of benzene rings is 1. The molecule has 0 spiro atoms. The van der Waals surface area contributed by atoms with Gasteiger partial charge in [0.2, 0.25) is 0 Å². The third kappa shape index (κ3) is 2.34. The third-order valence-electron chi connectivity index (χ3n) is 2.66. The smallest absolute Gasteiger partial charge is 0.0449 e. The van der Waals surface area contributed by atoms with E-state index in [2.05, 4.69) is 37.4 Å². The van der Waals surface area contributed by atoms with Gasteiger partial charge in [0.25, 0.3) is 0 Å². The lowest BCUT2D eigenvalue weighted by atomic mass is 9.94. The normalized spacial score (nSPS) is 12.9. The zero-order valence-electron chi connectivity index (χ0n) is 9.17. The van der Waals surface area contributed by atoms with Gasteiger partial charge in [-0.1, -0.05) is 18.2 Å². The van der Waals surface area contributed by atoms with Crippen LogP contribution in [0.1, 0.15) is 29.2 Å². The molecule has 78 valence electrons. The number of rotatable bonds is 4. The van der Waals surface area contributed by atoms with Gasteiger partial charge in [0.15, 0.2) is 0 Å². The van der Waals surface area contributed by atoms with E-state index in [4.69, 9.17) is 5.11 Å². The second kappa shape index (κ2) is 5.13. The Morgan fingerprint density at radius 2 is 1.86 bits per heavy atom. The summed E-state index contributed by atoms with van der Waals surface area (Å²) < 4.78 is 0. The van der Waals surface area contributed by atoms with Crippen molar-refractivity contribution in [2.75, 3.05) is 13.7 Å². The van der Waals surface area contributed by atoms with E-state index in [1.807, 2.05) is 7.05 Å². The van der Waals surface area contributed by atoms with E-state index in [0.29, 0.717) is 0 Å². The second-order valence-electron chi connectivity index (χ2n) is 3.66. The first-order valence-electron chi connectivity index (χ1n) is 5.05. The molecular weight excluding hydrogens is 174 g/mol. The topological polar surface area (TPSA) is 32.3 Å². The van der Waals surface area contributed by atoms with Crippen LogP contribution in [0.4, 0.5) is 0 Å². The summed E-state index contributed by atoms with van der Waals surface area (Å²) in [5.74, 6) is 0. The number of nitrogens with one attached hydrogen (secondary N) is 1. The minimum absolute atomic E-state index is 0.222. The molecule has 2 nitrogen and oxygen atoms in total. The van der Waals surface area contributed by atoms with Gasteiger partial charge in [-0.3, -0.25) is 0 Å². The molecule has 1 atom stereocenters. The Hall–Kier alpha value is -0.860. The fourth-order valence-corrected chi connectivity index (χ4v) is 1.94. The molecule has 0 aliphatic heterocycles. The molecule has 0 saturated carbocycles. The lowest BCUT2D eigenvalue weighted by Gasteiger charge is -2.20. The zero-order chi connectivity index (χ0) is 10.6. The highest BCUT2D eigenvalue weighted by molar-refractivity contribution is 5.36. The van der Waals surface area contributed by atoms with Crippen molar-refractivity contribution >= 4 is 0 Å². The van der Waals surface area contributed by atoms with Crippen molar-refractivity contribution in [3.8, 4) is 0 Å². The molecule has 2 N–H and O–H groups in total. The standard InChI is InChI=1S/C12H19NO/c1-9-5-4-6-10(2)12(9)11(13-3)7-8-14/h4-6,11,13-14H,7-8H2,1-3H3. The third-order valence-corrected chi connectivity index (χ3v) is 2.66. The van der Waals surface area contributed by atoms with Crippen LogP contribution in [0.2, 0.25) is 0 Å². The Balaban J connectivity index is 3.02. The summed E-state index contributed by atoms with van der Waals surface area (Å²) in [6.07, 6.45) is 0.766. The lowest BCUT2D eigenvalue weighted by Crippen LogP contribution is -2.19. The van der Waals surface area contributed by atoms with E-state index in [0.717, 1.165) is 6.42 Å². The summed E-state index contributed by atoms with van der Waals surface area (Å²) in [5.41, 5.74) is 3.90. The first kappa shape index (κ1) is 11.2. The van der Waals surface area contributed by atoms with Gasteiger partial charge >= 0.3 is 0 Å². The van der Waals surface area contributed by atoms with Crippen LogP contribution in [0.15, 0.2) is 18.2 Å². The predicted octanol–water partition coefficient (Wildman–Crippen LogP) is 1.95. The summed E-state index contributed by atoms with van der Waals surface area (Å²) in [6.45, 7) is 4.45. The highest BCUT2D eigenvalue weighted by atomic mass is 16.3. The second-order valence-corrected chi connectivity index (χ2v) is 3.66. The van der Waals surface area contributed by atoms with Crippen molar-refractivity contribution in [3.05, 3.63) is 34.9 Å². The van der Waals surface area contributed by atoms with Crippen LogP contribution in [0.5, 0.6) is 0 Å². The van der Waals surface area contributed by atoms with Crippen molar-refractivity contribution in [1.29, 1.82) is 0 Å². The molecule has 0 aliphatic rings. The van der Waals surface area contributed by atoms with Crippen LogP contribution >= 0.6 is 0 Å². The molecule has 0 aliphatic carbocycles. The number of aliphatic hydroxyl groups is 1. The molecule has 1 unspecified atom stereocenters. The van der Waals surface area contributed by atoms with Crippen molar-refractivity contribution in [2.24, 2.45) is 0 Å². The van der Waals surface area contributed by atoms with Crippen LogP contribution in [-0.4, -0.2) is 18.8 Å². The predicted molar refractivity (Wildman–Crippen MR) is 59.4 cm³/mol. The van der Waals surface area contributed by atoms with Crippen LogP contribution in [0, 0.1) is 13.8 Å². The molecule has 1 aromatic carbocycles. The fourth-order valence-electron chi connectivity index (χ4n) is 1.94. The highest BCUT2D eigenvalue weighted by Crippen LogP contribution is 2.23. The van der Waals surface area contributed by atoms with E-state index < -0.39 is 0 Å². The molecular formula is C12H19NO. The lowest BCUT2D eigenvalue weighted by molar-refractivity contribution is 0.268. The summed E-state index contributed by atoms with van der Waals surface area (Å²) in [4.78, 5) is 0.